The zero-order valence-electron chi connectivity index (χ0n) is 9.80. The third-order valence-corrected chi connectivity index (χ3v) is 2.44. The average molecular weight is 234 g/mol. The molecule has 0 atom stereocenters. The quantitative estimate of drug-likeness (QED) is 0.875. The summed E-state index contributed by atoms with van der Waals surface area (Å²) in [6.07, 6.45) is 0.622. The molecule has 1 aromatic carbocycles. The van der Waals surface area contributed by atoms with Crippen LogP contribution in [0.4, 0.5) is 0 Å². The topological polar surface area (TPSA) is 68.4 Å². The Balaban J connectivity index is 2.21. The molecule has 0 spiro atoms. The molecule has 0 aliphatic rings. The van der Waals surface area contributed by atoms with E-state index in [2.05, 4.69) is 10.1 Å². The summed E-state index contributed by atoms with van der Waals surface area (Å²) in [7, 11) is 1.63. The number of rotatable bonds is 4. The van der Waals surface area contributed by atoms with E-state index >= 15 is 0 Å². The van der Waals surface area contributed by atoms with Gasteiger partial charge in [-0.15, -0.1) is 0 Å². The normalized spacial score (nSPS) is 10.7. The second kappa shape index (κ2) is 4.97. The van der Waals surface area contributed by atoms with Gasteiger partial charge in [-0.25, -0.2) is 0 Å². The smallest absolute Gasteiger partial charge is 0.257 e. The molecule has 2 rings (SSSR count). The molecule has 1 aromatic heterocycles. The lowest BCUT2D eigenvalue weighted by Crippen LogP contribution is -1.96. The summed E-state index contributed by atoms with van der Waals surface area (Å²) in [4.78, 5) is 4.25. The van der Waals surface area contributed by atoms with Crippen LogP contribution in [-0.4, -0.2) is 29.0 Å². The molecule has 5 heteroatoms. The van der Waals surface area contributed by atoms with Crippen molar-refractivity contribution in [3.8, 4) is 17.2 Å². The van der Waals surface area contributed by atoms with Crippen LogP contribution in [0.25, 0.3) is 11.5 Å². The van der Waals surface area contributed by atoms with Crippen molar-refractivity contribution in [2.24, 2.45) is 0 Å². The molecule has 0 saturated carbocycles. The van der Waals surface area contributed by atoms with Gasteiger partial charge in [-0.05, 0) is 30.7 Å². The Morgan fingerprint density at radius 2 is 2.24 bits per heavy atom. The van der Waals surface area contributed by atoms with E-state index in [-0.39, 0.29) is 5.75 Å². The fourth-order valence-electron chi connectivity index (χ4n) is 1.45. The van der Waals surface area contributed by atoms with Crippen LogP contribution in [0.5, 0.6) is 5.75 Å². The van der Waals surface area contributed by atoms with Gasteiger partial charge in [0.15, 0.2) is 5.82 Å². The second-order valence-electron chi connectivity index (χ2n) is 3.76. The molecule has 0 amide bonds. The van der Waals surface area contributed by atoms with Gasteiger partial charge in [-0.2, -0.15) is 4.98 Å². The van der Waals surface area contributed by atoms with E-state index in [4.69, 9.17) is 9.26 Å². The van der Waals surface area contributed by atoms with E-state index in [1.807, 2.05) is 13.0 Å². The first-order valence-corrected chi connectivity index (χ1v) is 5.32. The number of aromatic hydroxyl groups is 1. The fourth-order valence-corrected chi connectivity index (χ4v) is 1.45. The number of phenolic OH excluding ortho intramolecular Hbond substituents is 1. The Kier molecular flexibility index (Phi) is 3.39. The molecule has 0 unspecified atom stereocenters. The summed E-state index contributed by atoms with van der Waals surface area (Å²) in [5.41, 5.74) is 1.58. The highest BCUT2D eigenvalue weighted by molar-refractivity contribution is 5.56. The van der Waals surface area contributed by atoms with Crippen LogP contribution in [0.3, 0.4) is 0 Å². The Labute approximate surface area is 99.0 Å². The number of phenols is 1. The van der Waals surface area contributed by atoms with E-state index in [1.54, 1.807) is 19.2 Å². The first-order valence-electron chi connectivity index (χ1n) is 5.32. The molecule has 0 aliphatic carbocycles. The summed E-state index contributed by atoms with van der Waals surface area (Å²) in [6, 6.07) is 5.17. The summed E-state index contributed by atoms with van der Waals surface area (Å²) in [5, 5.41) is 13.3. The maximum absolute atomic E-state index is 9.43. The van der Waals surface area contributed by atoms with Gasteiger partial charge in [0.2, 0.25) is 0 Å². The van der Waals surface area contributed by atoms with Crippen LogP contribution in [0.2, 0.25) is 0 Å². The summed E-state index contributed by atoms with van der Waals surface area (Å²) >= 11 is 0. The molecule has 0 bridgehead atoms. The predicted molar refractivity (Wildman–Crippen MR) is 61.7 cm³/mol. The minimum Gasteiger partial charge on any atom is -0.508 e. The summed E-state index contributed by atoms with van der Waals surface area (Å²) < 4.78 is 10.1. The summed E-state index contributed by atoms with van der Waals surface area (Å²) in [6.45, 7) is 2.38. The van der Waals surface area contributed by atoms with Crippen molar-refractivity contribution in [2.75, 3.05) is 13.7 Å². The highest BCUT2D eigenvalue weighted by Crippen LogP contribution is 2.24. The molecule has 0 radical (unpaired) electrons. The molecule has 90 valence electrons. The number of ether oxygens (including phenoxy) is 1. The third-order valence-electron chi connectivity index (χ3n) is 2.44. The molecule has 0 fully saturated rings. The van der Waals surface area contributed by atoms with Crippen molar-refractivity contribution in [3.63, 3.8) is 0 Å². The maximum atomic E-state index is 9.43. The predicted octanol–water partition coefficient (Wildman–Crippen LogP) is 1.94. The van der Waals surface area contributed by atoms with Crippen LogP contribution < -0.4 is 0 Å². The number of aryl methyl sites for hydroxylation is 1. The van der Waals surface area contributed by atoms with Crippen LogP contribution >= 0.6 is 0 Å². The number of methoxy groups -OCH3 is 1. The van der Waals surface area contributed by atoms with Gasteiger partial charge >= 0.3 is 0 Å². The van der Waals surface area contributed by atoms with Crippen molar-refractivity contribution in [1.82, 2.24) is 10.1 Å². The number of nitrogens with zero attached hydrogens (tertiary/aromatic N) is 2. The SMILES string of the molecule is COCCc1noc(-c2ccc(O)c(C)c2)n1. The minimum atomic E-state index is 0.257. The number of hydrogen-bond acceptors (Lipinski definition) is 5. The lowest BCUT2D eigenvalue weighted by Gasteiger charge is -1.99. The van der Waals surface area contributed by atoms with Crippen LogP contribution in [0, 0.1) is 6.92 Å². The number of benzene rings is 1. The van der Waals surface area contributed by atoms with Crippen LogP contribution in [-0.2, 0) is 11.2 Å². The fraction of sp³-hybridized carbons (Fsp3) is 0.333. The molecule has 0 aliphatic heterocycles. The van der Waals surface area contributed by atoms with Crippen molar-refractivity contribution < 1.29 is 14.4 Å². The lowest BCUT2D eigenvalue weighted by atomic mass is 10.1. The van der Waals surface area contributed by atoms with E-state index in [1.165, 1.54) is 0 Å². The van der Waals surface area contributed by atoms with Crippen molar-refractivity contribution in [1.29, 1.82) is 0 Å². The van der Waals surface area contributed by atoms with Gasteiger partial charge in [0.1, 0.15) is 5.75 Å². The first kappa shape index (κ1) is 11.6. The zero-order chi connectivity index (χ0) is 12.3. The van der Waals surface area contributed by atoms with Gasteiger partial charge in [0.25, 0.3) is 5.89 Å². The van der Waals surface area contributed by atoms with E-state index in [0.717, 1.165) is 11.1 Å². The van der Waals surface area contributed by atoms with Crippen molar-refractivity contribution >= 4 is 0 Å². The Bertz CT molecular complexity index is 508. The molecule has 5 nitrogen and oxygen atoms in total. The number of aromatic nitrogens is 2. The molecule has 17 heavy (non-hydrogen) atoms. The van der Waals surface area contributed by atoms with E-state index < -0.39 is 0 Å². The Hall–Kier alpha value is -1.88. The maximum Gasteiger partial charge on any atom is 0.257 e. The molecule has 1 N–H and O–H groups in total. The Morgan fingerprint density at radius 1 is 1.41 bits per heavy atom. The van der Waals surface area contributed by atoms with Crippen molar-refractivity contribution in [3.05, 3.63) is 29.6 Å². The lowest BCUT2D eigenvalue weighted by molar-refractivity contribution is 0.199. The summed E-state index contributed by atoms with van der Waals surface area (Å²) in [5.74, 6) is 1.33. The monoisotopic (exact) mass is 234 g/mol. The second-order valence-corrected chi connectivity index (χ2v) is 3.76. The standard InChI is InChI=1S/C12H14N2O3/c1-8-7-9(3-4-10(8)15)12-13-11(14-17-12)5-6-16-2/h3-4,7,15H,5-6H2,1-2H3. The highest BCUT2D eigenvalue weighted by Gasteiger charge is 2.09. The zero-order valence-corrected chi connectivity index (χ0v) is 9.80. The molecule has 0 saturated heterocycles. The third kappa shape index (κ3) is 2.62. The van der Waals surface area contributed by atoms with Gasteiger partial charge in [0.05, 0.1) is 6.61 Å². The molecular formula is C12H14N2O3. The van der Waals surface area contributed by atoms with Crippen LogP contribution in [0.15, 0.2) is 22.7 Å². The number of hydrogen-bond donors (Lipinski definition) is 1. The van der Waals surface area contributed by atoms with Crippen LogP contribution in [0.1, 0.15) is 11.4 Å². The van der Waals surface area contributed by atoms with Crippen molar-refractivity contribution in [2.45, 2.75) is 13.3 Å². The molecule has 1 heterocycles. The molecular weight excluding hydrogens is 220 g/mol. The minimum absolute atomic E-state index is 0.257. The van der Waals surface area contributed by atoms with Gasteiger partial charge in [-0.3, -0.25) is 0 Å². The van der Waals surface area contributed by atoms with Gasteiger partial charge < -0.3 is 14.4 Å². The van der Waals surface area contributed by atoms with E-state index in [0.29, 0.717) is 24.7 Å². The Morgan fingerprint density at radius 3 is 2.94 bits per heavy atom. The molecule has 2 aromatic rings. The highest BCUT2D eigenvalue weighted by atomic mass is 16.5. The first-order chi connectivity index (χ1) is 8.20. The largest absolute Gasteiger partial charge is 0.508 e. The average Bonchev–Trinajstić information content (AvgIpc) is 2.79. The van der Waals surface area contributed by atoms with Gasteiger partial charge in [0, 0.05) is 19.1 Å². The van der Waals surface area contributed by atoms with E-state index in [9.17, 15) is 5.11 Å². The van der Waals surface area contributed by atoms with Gasteiger partial charge in [-0.1, -0.05) is 5.16 Å².